The van der Waals surface area contributed by atoms with Gasteiger partial charge in [0, 0.05) is 28.4 Å². The highest BCUT2D eigenvalue weighted by Gasteiger charge is 2.63. The summed E-state index contributed by atoms with van der Waals surface area (Å²) in [4.78, 5) is 33.4. The lowest BCUT2D eigenvalue weighted by Crippen LogP contribution is -2.46. The number of nitrogens with zero attached hydrogens (tertiary/aromatic N) is 1. The zero-order valence-electron chi connectivity index (χ0n) is 18.8. The SMILES string of the molecule is COc1cccc(C(=O)[C@@H]2C(c3ccc(OC)cc3OC)=NO[C@@]23C(=O)Nc2ccccc23)c1. The molecule has 172 valence electrons. The Hall–Kier alpha value is -4.33. The second kappa shape index (κ2) is 8.22. The Labute approximate surface area is 196 Å². The summed E-state index contributed by atoms with van der Waals surface area (Å²) in [5, 5.41) is 7.15. The van der Waals surface area contributed by atoms with Crippen molar-refractivity contribution in [3.05, 3.63) is 83.4 Å². The summed E-state index contributed by atoms with van der Waals surface area (Å²) in [6.45, 7) is 0. The van der Waals surface area contributed by atoms with Crippen LogP contribution in [0.15, 0.2) is 71.9 Å². The number of carbonyl (C=O) groups excluding carboxylic acids is 2. The van der Waals surface area contributed by atoms with Crippen LogP contribution in [0.3, 0.4) is 0 Å². The summed E-state index contributed by atoms with van der Waals surface area (Å²) in [6, 6.07) is 19.1. The van der Waals surface area contributed by atoms with E-state index in [0.717, 1.165) is 0 Å². The molecule has 3 aromatic carbocycles. The first-order valence-corrected chi connectivity index (χ1v) is 10.6. The van der Waals surface area contributed by atoms with Gasteiger partial charge in [-0.1, -0.05) is 35.5 Å². The van der Waals surface area contributed by atoms with Gasteiger partial charge in [-0.15, -0.1) is 0 Å². The highest BCUT2D eigenvalue weighted by molar-refractivity contribution is 6.25. The van der Waals surface area contributed by atoms with Crippen molar-refractivity contribution in [1.82, 2.24) is 0 Å². The Balaban J connectivity index is 1.71. The van der Waals surface area contributed by atoms with Gasteiger partial charge in [0.25, 0.3) is 11.5 Å². The zero-order valence-corrected chi connectivity index (χ0v) is 18.8. The van der Waals surface area contributed by atoms with Gasteiger partial charge in [-0.2, -0.15) is 0 Å². The maximum atomic E-state index is 14.1. The highest BCUT2D eigenvalue weighted by Crippen LogP contribution is 2.50. The molecule has 2 atom stereocenters. The number of ether oxygens (including phenoxy) is 3. The van der Waals surface area contributed by atoms with Crippen LogP contribution in [-0.4, -0.2) is 38.7 Å². The van der Waals surface area contributed by atoms with Gasteiger partial charge in [0.1, 0.15) is 28.9 Å². The first kappa shape index (κ1) is 21.5. The molecule has 0 bridgehead atoms. The van der Waals surface area contributed by atoms with E-state index < -0.39 is 17.4 Å². The monoisotopic (exact) mass is 458 g/mol. The van der Waals surface area contributed by atoms with E-state index >= 15 is 0 Å². The second-order valence-corrected chi connectivity index (χ2v) is 7.90. The van der Waals surface area contributed by atoms with Crippen LogP contribution in [0.25, 0.3) is 0 Å². The summed E-state index contributed by atoms with van der Waals surface area (Å²) < 4.78 is 16.2. The molecule has 0 aromatic heterocycles. The molecule has 8 nitrogen and oxygen atoms in total. The summed E-state index contributed by atoms with van der Waals surface area (Å²) in [5.41, 5.74) is 0.655. The molecule has 0 unspecified atom stereocenters. The Kier molecular flexibility index (Phi) is 5.20. The molecule has 0 saturated carbocycles. The quantitative estimate of drug-likeness (QED) is 0.565. The molecule has 8 heteroatoms. The van der Waals surface area contributed by atoms with Crippen molar-refractivity contribution < 1.29 is 28.6 Å². The Morgan fingerprint density at radius 1 is 0.941 bits per heavy atom. The van der Waals surface area contributed by atoms with Gasteiger partial charge in [0.2, 0.25) is 0 Å². The maximum absolute atomic E-state index is 14.1. The van der Waals surface area contributed by atoms with E-state index in [-0.39, 0.29) is 5.78 Å². The molecule has 5 rings (SSSR count). The van der Waals surface area contributed by atoms with Gasteiger partial charge in [0.05, 0.1) is 21.3 Å². The molecule has 0 radical (unpaired) electrons. The Morgan fingerprint density at radius 3 is 2.47 bits per heavy atom. The summed E-state index contributed by atoms with van der Waals surface area (Å²) in [5.74, 6) is -0.328. The average molecular weight is 458 g/mol. The molecule has 0 saturated heterocycles. The molecule has 34 heavy (non-hydrogen) atoms. The third kappa shape index (κ3) is 3.10. The lowest BCUT2D eigenvalue weighted by atomic mass is 9.74. The number of hydrogen-bond donors (Lipinski definition) is 1. The van der Waals surface area contributed by atoms with Crippen molar-refractivity contribution in [3.8, 4) is 17.2 Å². The molecular formula is C26H22N2O6. The predicted octanol–water partition coefficient (Wildman–Crippen LogP) is 3.79. The normalized spacial score (nSPS) is 20.3. The van der Waals surface area contributed by atoms with Crippen molar-refractivity contribution in [1.29, 1.82) is 0 Å². The number of para-hydroxylation sites is 1. The number of fused-ring (bicyclic) bond motifs is 2. The number of oxime groups is 1. The standard InChI is InChI=1S/C26H22N2O6/c1-31-16-8-6-7-15(13-16)24(29)22-23(18-12-11-17(32-2)14-21(18)33-3)28-34-26(22)19-9-4-5-10-20(19)27-25(26)30/h4-14,22H,1-3H3,(H,27,30)/t22-,26+/m0/s1. The molecule has 2 aliphatic heterocycles. The minimum Gasteiger partial charge on any atom is -0.497 e. The Bertz CT molecular complexity index is 1330. The molecular weight excluding hydrogens is 436 g/mol. The van der Waals surface area contributed by atoms with E-state index in [4.69, 9.17) is 19.0 Å². The number of amides is 1. The van der Waals surface area contributed by atoms with Gasteiger partial charge < -0.3 is 24.4 Å². The van der Waals surface area contributed by atoms with Crippen molar-refractivity contribution in [3.63, 3.8) is 0 Å². The van der Waals surface area contributed by atoms with Gasteiger partial charge in [0.15, 0.2) is 5.78 Å². The molecule has 1 N–H and O–H groups in total. The number of nitrogens with one attached hydrogen (secondary N) is 1. The molecule has 0 aliphatic carbocycles. The van der Waals surface area contributed by atoms with Crippen LogP contribution in [0, 0.1) is 5.92 Å². The average Bonchev–Trinajstić information content (AvgIpc) is 3.41. The molecule has 1 spiro atoms. The van der Waals surface area contributed by atoms with Crippen molar-refractivity contribution in [2.45, 2.75) is 5.60 Å². The minimum atomic E-state index is -1.66. The molecule has 2 aliphatic rings. The van der Waals surface area contributed by atoms with Gasteiger partial charge in [-0.3, -0.25) is 9.59 Å². The first-order valence-electron chi connectivity index (χ1n) is 10.6. The van der Waals surface area contributed by atoms with Gasteiger partial charge in [-0.05, 0) is 30.3 Å². The largest absolute Gasteiger partial charge is 0.497 e. The van der Waals surface area contributed by atoms with Gasteiger partial charge >= 0.3 is 0 Å². The van der Waals surface area contributed by atoms with Crippen LogP contribution < -0.4 is 19.5 Å². The number of Topliss-reactive ketones (excluding diaryl/α,β-unsaturated/α-hetero) is 1. The number of benzene rings is 3. The number of hydrogen-bond acceptors (Lipinski definition) is 7. The lowest BCUT2D eigenvalue weighted by molar-refractivity contribution is -0.140. The fourth-order valence-corrected chi connectivity index (χ4v) is 4.52. The maximum Gasteiger partial charge on any atom is 0.277 e. The van der Waals surface area contributed by atoms with Crippen molar-refractivity contribution >= 4 is 23.1 Å². The summed E-state index contributed by atoms with van der Waals surface area (Å²) in [6.07, 6.45) is 0. The third-order valence-electron chi connectivity index (χ3n) is 6.18. The van der Waals surface area contributed by atoms with Crippen LogP contribution in [0.5, 0.6) is 17.2 Å². The highest BCUT2D eigenvalue weighted by atomic mass is 16.7. The molecule has 2 heterocycles. The van der Waals surface area contributed by atoms with E-state index in [0.29, 0.717) is 45.3 Å². The van der Waals surface area contributed by atoms with E-state index in [9.17, 15) is 9.59 Å². The van der Waals surface area contributed by atoms with Crippen molar-refractivity contribution in [2.24, 2.45) is 11.1 Å². The molecule has 0 fully saturated rings. The Morgan fingerprint density at radius 2 is 1.71 bits per heavy atom. The molecule has 1 amide bonds. The minimum absolute atomic E-state index is 0.291. The summed E-state index contributed by atoms with van der Waals surface area (Å²) >= 11 is 0. The number of anilines is 1. The van der Waals surface area contributed by atoms with Crippen molar-refractivity contribution in [2.75, 3.05) is 26.6 Å². The number of rotatable bonds is 6. The predicted molar refractivity (Wildman–Crippen MR) is 125 cm³/mol. The number of methoxy groups -OCH3 is 3. The van der Waals surface area contributed by atoms with Crippen LogP contribution in [0.2, 0.25) is 0 Å². The van der Waals surface area contributed by atoms with E-state index in [1.54, 1.807) is 73.8 Å². The third-order valence-corrected chi connectivity index (χ3v) is 6.18. The lowest BCUT2D eigenvalue weighted by Gasteiger charge is -2.27. The van der Waals surface area contributed by atoms with Crippen LogP contribution in [-0.2, 0) is 15.2 Å². The fourth-order valence-electron chi connectivity index (χ4n) is 4.52. The number of carbonyl (C=O) groups is 2. The van der Waals surface area contributed by atoms with Gasteiger partial charge in [-0.25, -0.2) is 0 Å². The van der Waals surface area contributed by atoms with Crippen LogP contribution in [0.4, 0.5) is 5.69 Å². The topological polar surface area (TPSA) is 95.5 Å². The second-order valence-electron chi connectivity index (χ2n) is 7.90. The van der Waals surface area contributed by atoms with E-state index in [2.05, 4.69) is 10.5 Å². The smallest absolute Gasteiger partial charge is 0.277 e. The van der Waals surface area contributed by atoms with E-state index in [1.165, 1.54) is 14.2 Å². The zero-order chi connectivity index (χ0) is 23.9. The van der Waals surface area contributed by atoms with E-state index in [1.807, 2.05) is 0 Å². The number of ketones is 1. The van der Waals surface area contributed by atoms with Crippen LogP contribution in [0.1, 0.15) is 21.5 Å². The fraction of sp³-hybridized carbons (Fsp3) is 0.192. The van der Waals surface area contributed by atoms with Crippen LogP contribution >= 0.6 is 0 Å². The molecule has 3 aromatic rings. The summed E-state index contributed by atoms with van der Waals surface area (Å²) in [7, 11) is 4.59. The first-order chi connectivity index (χ1) is 16.5.